The topological polar surface area (TPSA) is 256 Å². The van der Waals surface area contributed by atoms with Gasteiger partial charge in [-0.15, -0.1) is 6.42 Å². The lowest BCUT2D eigenvalue weighted by molar-refractivity contribution is -0.136. The summed E-state index contributed by atoms with van der Waals surface area (Å²) in [7, 11) is 0. The van der Waals surface area contributed by atoms with Crippen molar-refractivity contribution in [3.05, 3.63) is 77.0 Å². The number of alkyl carbamates (subject to hydrolysis) is 1. The maximum atomic E-state index is 17.2. The average molecular weight is 1090 g/mol. The fraction of sp³-hybridized carbons (Fsp3) is 0.446. The van der Waals surface area contributed by atoms with Crippen LogP contribution in [0.25, 0.3) is 32.9 Å². The van der Waals surface area contributed by atoms with Crippen LogP contribution in [-0.4, -0.2) is 161 Å². The number of aromatic hydroxyl groups is 1. The van der Waals surface area contributed by atoms with Crippen molar-refractivity contribution in [3.63, 3.8) is 0 Å². The first-order valence-corrected chi connectivity index (χ1v) is 26.6. The number of benzene rings is 3. The number of aromatic nitrogens is 3. The number of hydrogen-bond acceptors (Lipinski definition) is 17. The van der Waals surface area contributed by atoms with Crippen LogP contribution in [0.5, 0.6) is 11.8 Å². The van der Waals surface area contributed by atoms with Crippen LogP contribution in [0.15, 0.2) is 48.7 Å². The predicted octanol–water partition coefficient (Wildman–Crippen LogP) is 4.56. The maximum Gasteiger partial charge on any atom is 0.407 e. The van der Waals surface area contributed by atoms with Crippen LogP contribution in [-0.2, 0) is 28.6 Å². The number of carbonyl (C=O) groups excluding carboxylic acids is 6. The van der Waals surface area contributed by atoms with Crippen molar-refractivity contribution in [2.24, 2.45) is 5.92 Å². The second-order valence-corrected chi connectivity index (χ2v) is 21.1. The zero-order valence-electron chi connectivity index (χ0n) is 43.3. The summed E-state index contributed by atoms with van der Waals surface area (Å²) in [5.74, 6) is -1.35. The molecule has 412 valence electrons. The highest BCUT2D eigenvalue weighted by molar-refractivity contribution is 6.24. The number of nitrogens with zero attached hydrogens (tertiary/aromatic N) is 6. The van der Waals surface area contributed by atoms with Crippen LogP contribution in [0.3, 0.4) is 0 Å². The highest BCUT2D eigenvalue weighted by Crippen LogP contribution is 2.46. The number of halogens is 2. The van der Waals surface area contributed by atoms with E-state index >= 15 is 8.78 Å². The summed E-state index contributed by atoms with van der Waals surface area (Å²) in [6, 6.07) is 8.98. The first kappa shape index (κ1) is 53.1. The third-order valence-corrected chi connectivity index (χ3v) is 15.8. The van der Waals surface area contributed by atoms with E-state index in [2.05, 4.69) is 53.9 Å². The van der Waals surface area contributed by atoms with Gasteiger partial charge < -0.3 is 44.9 Å². The van der Waals surface area contributed by atoms with Crippen molar-refractivity contribution in [1.82, 2.24) is 40.7 Å². The van der Waals surface area contributed by atoms with Crippen LogP contribution in [0, 0.1) is 29.9 Å². The molecule has 21 nitrogen and oxygen atoms in total. The number of imide groups is 2. The fourth-order valence-electron chi connectivity index (χ4n) is 12.3. The molecular weight excluding hydrogens is 1030 g/mol. The summed E-state index contributed by atoms with van der Waals surface area (Å²) in [6.07, 6.45) is 11.0. The van der Waals surface area contributed by atoms with Crippen molar-refractivity contribution in [1.29, 1.82) is 0 Å². The number of piperidine rings is 1. The summed E-state index contributed by atoms with van der Waals surface area (Å²) < 4.78 is 55.7. The number of terminal acetylenes is 1. The number of anilines is 2. The van der Waals surface area contributed by atoms with Crippen molar-refractivity contribution < 1.29 is 61.6 Å². The Bertz CT molecular complexity index is 3350. The van der Waals surface area contributed by atoms with E-state index in [0.717, 1.165) is 43.5 Å². The Morgan fingerprint density at radius 1 is 0.924 bits per heavy atom. The lowest BCUT2D eigenvalue weighted by atomic mass is 9.91. The standard InChI is InChI=1S/C56H58F2N10O11/c1-3-37-42(57)9-4-31-20-36(69)22-40(46(31)37)48-47(58)49-41(24-60-48)50(66-26-33-5-6-34(27-66)61-33)65-54(64-49)79-29-56-14-12-35(67(56)25-30(2)23-56)28-78-55(75)59-15-17-77-19-18-76-16-13-45(71)62-32-7-8-38-39(21-32)53(74)68(52(38)73)43-10-11-44(70)63-51(43)72/h1,4,7-9,20-22,24,30,33-35,43,61,69H,5-6,10-19,23,25-29H2,2H3,(H,59,75)(H,62,71)(H,63,70,72)/t30?,33?,34?,35-,43?,56-/m0/s1. The number of pyridine rings is 1. The van der Waals surface area contributed by atoms with Crippen molar-refractivity contribution in [2.75, 3.05) is 76.0 Å². The van der Waals surface area contributed by atoms with Crippen LogP contribution in [0.1, 0.15) is 84.6 Å². The van der Waals surface area contributed by atoms with E-state index in [9.17, 15) is 33.9 Å². The zero-order chi connectivity index (χ0) is 55.1. The maximum absolute atomic E-state index is 17.2. The Kier molecular flexibility index (Phi) is 14.8. The number of piperazine rings is 1. The van der Waals surface area contributed by atoms with Gasteiger partial charge in [0, 0.05) is 73.6 Å². The van der Waals surface area contributed by atoms with Gasteiger partial charge in [-0.3, -0.25) is 44.1 Å². The monoisotopic (exact) mass is 1080 g/mol. The van der Waals surface area contributed by atoms with Crippen LogP contribution < -0.4 is 30.9 Å². The lowest BCUT2D eigenvalue weighted by Crippen LogP contribution is -2.54. The Labute approximate surface area is 452 Å². The SMILES string of the molecule is C#Cc1c(F)ccc2cc(O)cc(-c3ncc4c(N5CC6CCC(C5)N6)nc(OC[C@@]56CC[C@@H](COC(=O)NCCOCCOCCC(=O)Nc7ccc8c(c7)C(=O)N(C7CCC(=O)NC7=O)C8=O)N5CC(C)C6)nc4c3F)c12. The van der Waals surface area contributed by atoms with Crippen molar-refractivity contribution in [2.45, 2.75) is 88.0 Å². The predicted molar refractivity (Wildman–Crippen MR) is 281 cm³/mol. The van der Waals surface area contributed by atoms with E-state index < -0.39 is 58.8 Å². The van der Waals surface area contributed by atoms with E-state index in [1.165, 1.54) is 48.7 Å². The van der Waals surface area contributed by atoms with E-state index in [1.54, 1.807) is 0 Å². The number of phenolic OH excluding ortho intramolecular Hbond substituents is 1. The highest BCUT2D eigenvalue weighted by Gasteiger charge is 2.53. The van der Waals surface area contributed by atoms with E-state index in [4.69, 9.17) is 30.4 Å². The second-order valence-electron chi connectivity index (χ2n) is 21.1. The number of nitrogens with one attached hydrogen (secondary N) is 4. The molecule has 79 heavy (non-hydrogen) atoms. The van der Waals surface area contributed by atoms with Gasteiger partial charge in [-0.1, -0.05) is 18.9 Å². The third-order valence-electron chi connectivity index (χ3n) is 15.8. The van der Waals surface area contributed by atoms with Gasteiger partial charge in [0.25, 0.3) is 11.8 Å². The summed E-state index contributed by atoms with van der Waals surface area (Å²) in [5.41, 5.74) is -0.163. The molecule has 2 bridgehead atoms. The number of rotatable bonds is 18. The third kappa shape index (κ3) is 10.6. The van der Waals surface area contributed by atoms with E-state index in [0.29, 0.717) is 35.6 Å². The normalized spacial score (nSPS) is 23.5. The Morgan fingerprint density at radius 3 is 2.49 bits per heavy atom. The summed E-state index contributed by atoms with van der Waals surface area (Å²) in [4.78, 5) is 95.0. The molecule has 23 heteroatoms. The average Bonchev–Trinajstić information content (AvgIpc) is 4.36. The molecule has 6 aliphatic heterocycles. The van der Waals surface area contributed by atoms with Gasteiger partial charge in [0.15, 0.2) is 5.82 Å². The molecule has 5 fully saturated rings. The molecule has 0 radical (unpaired) electrons. The highest BCUT2D eigenvalue weighted by atomic mass is 19.1. The van der Waals surface area contributed by atoms with Crippen molar-refractivity contribution >= 4 is 68.8 Å². The fourth-order valence-corrected chi connectivity index (χ4v) is 12.3. The van der Waals surface area contributed by atoms with Crippen LogP contribution in [0.2, 0.25) is 0 Å². The quantitative estimate of drug-likeness (QED) is 0.0458. The molecule has 3 aromatic carbocycles. The summed E-state index contributed by atoms with van der Waals surface area (Å²) >= 11 is 0. The molecule has 5 saturated heterocycles. The van der Waals surface area contributed by atoms with Gasteiger partial charge in [-0.2, -0.15) is 9.97 Å². The summed E-state index contributed by atoms with van der Waals surface area (Å²) in [6.45, 7) is 5.37. The zero-order valence-corrected chi connectivity index (χ0v) is 43.3. The minimum atomic E-state index is -1.09. The Hall–Kier alpha value is -7.91. The Morgan fingerprint density at radius 2 is 1.71 bits per heavy atom. The molecular formula is C56H58F2N10O11. The number of fused-ring (bicyclic) bond motifs is 6. The first-order chi connectivity index (χ1) is 38.2. The van der Waals surface area contributed by atoms with E-state index in [1.807, 2.05) is 0 Å². The molecule has 11 rings (SSSR count). The molecule has 6 amide bonds. The van der Waals surface area contributed by atoms with Crippen molar-refractivity contribution in [3.8, 4) is 35.4 Å². The molecule has 5 N–H and O–H groups in total. The lowest BCUT2D eigenvalue weighted by Gasteiger charge is -2.35. The molecule has 2 aromatic heterocycles. The van der Waals surface area contributed by atoms with Gasteiger partial charge in [0.2, 0.25) is 17.7 Å². The van der Waals surface area contributed by atoms with Crippen LogP contribution >= 0.6 is 0 Å². The van der Waals surface area contributed by atoms with Gasteiger partial charge in [0.05, 0.1) is 60.5 Å². The number of hydrogen-bond donors (Lipinski definition) is 5. The molecule has 8 heterocycles. The van der Waals surface area contributed by atoms with Gasteiger partial charge >= 0.3 is 12.1 Å². The minimum Gasteiger partial charge on any atom is -0.508 e. The molecule has 4 unspecified atom stereocenters. The Balaban J connectivity index is 0.649. The molecule has 6 aliphatic rings. The smallest absolute Gasteiger partial charge is 0.407 e. The molecule has 0 aliphatic carbocycles. The van der Waals surface area contributed by atoms with E-state index in [-0.39, 0.29) is 140 Å². The number of carbonyl (C=O) groups is 6. The second kappa shape index (κ2) is 22.1. The van der Waals surface area contributed by atoms with Gasteiger partial charge in [-0.05, 0) is 86.2 Å². The first-order valence-electron chi connectivity index (χ1n) is 26.6. The van der Waals surface area contributed by atoms with Gasteiger partial charge in [-0.25, -0.2) is 13.6 Å². The minimum absolute atomic E-state index is 0.00417. The molecule has 0 saturated carbocycles. The molecule has 5 aromatic rings. The molecule has 6 atom stereocenters. The largest absolute Gasteiger partial charge is 0.508 e. The number of amides is 6. The number of phenols is 1. The number of ether oxygens (including phenoxy) is 4. The molecule has 0 spiro atoms. The summed E-state index contributed by atoms with van der Waals surface area (Å²) in [5, 5.41) is 22.9. The van der Waals surface area contributed by atoms with Crippen LogP contribution in [0.4, 0.5) is 25.1 Å². The van der Waals surface area contributed by atoms with Gasteiger partial charge in [0.1, 0.15) is 47.9 Å².